The molecule has 1 aromatic heterocycles. The lowest BCUT2D eigenvalue weighted by Crippen LogP contribution is -2.34. The molecule has 2 rings (SSSR count). The van der Waals surface area contributed by atoms with E-state index in [1.807, 2.05) is 24.3 Å². The van der Waals surface area contributed by atoms with Gasteiger partial charge in [0, 0.05) is 24.5 Å². The van der Waals surface area contributed by atoms with Gasteiger partial charge in [-0.1, -0.05) is 52.8 Å². The molecule has 0 aliphatic heterocycles. The van der Waals surface area contributed by atoms with Gasteiger partial charge in [0.2, 0.25) is 5.88 Å². The van der Waals surface area contributed by atoms with Gasteiger partial charge in [0.05, 0.1) is 17.7 Å². The number of carbonyl (C=O) groups excluding carboxylic acids is 1. The highest BCUT2D eigenvalue weighted by atomic mass is 16.5. The Morgan fingerprint density at radius 2 is 1.92 bits per heavy atom. The first-order valence-electron chi connectivity index (χ1n) is 9.22. The molecule has 0 unspecified atom stereocenters. The summed E-state index contributed by atoms with van der Waals surface area (Å²) in [6.45, 7) is 10.4. The predicted octanol–water partition coefficient (Wildman–Crippen LogP) is 4.12. The van der Waals surface area contributed by atoms with E-state index in [2.05, 4.69) is 36.0 Å². The summed E-state index contributed by atoms with van der Waals surface area (Å²) in [7, 11) is 0. The van der Waals surface area contributed by atoms with Crippen LogP contribution in [0.5, 0.6) is 5.88 Å². The molecular formula is C21H33N3O2. The Morgan fingerprint density at radius 1 is 1.19 bits per heavy atom. The van der Waals surface area contributed by atoms with Crippen molar-refractivity contribution in [1.29, 1.82) is 0 Å². The molecule has 0 fully saturated rings. The third-order valence-corrected chi connectivity index (χ3v) is 4.29. The summed E-state index contributed by atoms with van der Waals surface area (Å²) in [6, 6.07) is 9.44. The Bertz CT molecular complexity index is 684. The molecule has 0 saturated carbocycles. The highest BCUT2D eigenvalue weighted by molar-refractivity contribution is 6.06. The Kier molecular flexibility index (Phi) is 9.66. The third-order valence-electron chi connectivity index (χ3n) is 4.29. The number of rotatable bonds is 10. The summed E-state index contributed by atoms with van der Waals surface area (Å²) in [4.78, 5) is 19.5. The second-order valence-electron chi connectivity index (χ2n) is 6.01. The van der Waals surface area contributed by atoms with Gasteiger partial charge in [0.1, 0.15) is 0 Å². The molecular weight excluding hydrogens is 326 g/mol. The summed E-state index contributed by atoms with van der Waals surface area (Å²) in [5, 5.41) is 3.87. The van der Waals surface area contributed by atoms with Gasteiger partial charge in [-0.2, -0.15) is 0 Å². The van der Waals surface area contributed by atoms with Gasteiger partial charge >= 0.3 is 0 Å². The molecule has 1 aromatic carbocycles. The van der Waals surface area contributed by atoms with E-state index in [1.165, 1.54) is 0 Å². The molecule has 0 spiro atoms. The largest absolute Gasteiger partial charge is 0.478 e. The van der Waals surface area contributed by atoms with Crippen LogP contribution in [-0.2, 0) is 0 Å². The molecule has 26 heavy (non-hydrogen) atoms. The number of hydrogen-bond donors (Lipinski definition) is 1. The molecule has 144 valence electrons. The average Bonchev–Trinajstić information content (AvgIpc) is 2.64. The van der Waals surface area contributed by atoms with E-state index in [1.54, 1.807) is 6.07 Å². The number of nitrogens with one attached hydrogen (secondary N) is 1. The molecule has 0 aliphatic carbocycles. The summed E-state index contributed by atoms with van der Waals surface area (Å²) >= 11 is 0. The fraction of sp³-hybridized carbons (Fsp3) is 0.524. The summed E-state index contributed by atoms with van der Waals surface area (Å²) in [6.07, 6.45) is 2.03. The normalized spacial score (nSPS) is 10.6. The lowest BCUT2D eigenvalue weighted by molar-refractivity contribution is 0.0950. The number of hydrogen-bond acceptors (Lipinski definition) is 4. The van der Waals surface area contributed by atoms with Gasteiger partial charge in [-0.05, 0) is 25.6 Å². The molecule has 0 atom stereocenters. The van der Waals surface area contributed by atoms with Crippen LogP contribution in [0.2, 0.25) is 0 Å². The summed E-state index contributed by atoms with van der Waals surface area (Å²) in [5.41, 5.74) is 1.40. The Balaban J connectivity index is 0.00000338. The van der Waals surface area contributed by atoms with Crippen molar-refractivity contribution in [3.8, 4) is 5.88 Å². The second kappa shape index (κ2) is 11.5. The zero-order valence-electron chi connectivity index (χ0n) is 15.5. The Hall–Kier alpha value is -2.14. The predicted molar refractivity (Wildman–Crippen MR) is 109 cm³/mol. The van der Waals surface area contributed by atoms with E-state index in [0.717, 1.165) is 43.4 Å². The number of carbonyl (C=O) groups is 1. The highest BCUT2D eigenvalue weighted by Crippen LogP contribution is 2.22. The first kappa shape index (κ1) is 21.9. The molecule has 0 saturated heterocycles. The van der Waals surface area contributed by atoms with Crippen molar-refractivity contribution < 1.29 is 9.53 Å². The first-order valence-corrected chi connectivity index (χ1v) is 9.22. The maximum Gasteiger partial charge on any atom is 0.252 e. The van der Waals surface area contributed by atoms with Crippen LogP contribution in [0, 0.1) is 0 Å². The molecule has 1 N–H and O–H groups in total. The highest BCUT2D eigenvalue weighted by Gasteiger charge is 2.13. The number of unbranched alkanes of at least 4 members (excludes halogenated alkanes) is 1. The SMILES string of the molecule is C.CCCCOc1cc(C(=O)NCCN(CC)CC)c2ccccc2n1. The van der Waals surface area contributed by atoms with Crippen molar-refractivity contribution in [3.05, 3.63) is 35.9 Å². The van der Waals surface area contributed by atoms with Crippen molar-refractivity contribution in [1.82, 2.24) is 15.2 Å². The van der Waals surface area contributed by atoms with Gasteiger partial charge in [-0.15, -0.1) is 0 Å². The van der Waals surface area contributed by atoms with Crippen LogP contribution in [0.15, 0.2) is 30.3 Å². The fourth-order valence-corrected chi connectivity index (χ4v) is 2.70. The number of ether oxygens (including phenoxy) is 1. The molecule has 0 bridgehead atoms. The van der Waals surface area contributed by atoms with Crippen molar-refractivity contribution in [2.45, 2.75) is 41.0 Å². The van der Waals surface area contributed by atoms with Gasteiger partial charge < -0.3 is 15.0 Å². The van der Waals surface area contributed by atoms with Crippen LogP contribution in [0.1, 0.15) is 51.4 Å². The van der Waals surface area contributed by atoms with Gasteiger partial charge in [-0.3, -0.25) is 4.79 Å². The lowest BCUT2D eigenvalue weighted by Gasteiger charge is -2.18. The third kappa shape index (κ3) is 5.99. The minimum Gasteiger partial charge on any atom is -0.478 e. The maximum absolute atomic E-state index is 12.7. The van der Waals surface area contributed by atoms with Gasteiger partial charge in [0.25, 0.3) is 5.91 Å². The van der Waals surface area contributed by atoms with E-state index in [9.17, 15) is 4.79 Å². The van der Waals surface area contributed by atoms with Crippen molar-refractivity contribution in [2.75, 3.05) is 32.8 Å². The van der Waals surface area contributed by atoms with Crippen molar-refractivity contribution in [3.63, 3.8) is 0 Å². The lowest BCUT2D eigenvalue weighted by atomic mass is 10.1. The molecule has 0 aliphatic rings. The number of pyridine rings is 1. The number of aromatic nitrogens is 1. The van der Waals surface area contributed by atoms with E-state index < -0.39 is 0 Å². The zero-order valence-corrected chi connectivity index (χ0v) is 15.5. The summed E-state index contributed by atoms with van der Waals surface area (Å²) in [5.74, 6) is 0.437. The molecule has 0 radical (unpaired) electrons. The van der Waals surface area contributed by atoms with E-state index >= 15 is 0 Å². The number of benzene rings is 1. The van der Waals surface area contributed by atoms with Crippen LogP contribution in [0.25, 0.3) is 10.9 Å². The van der Waals surface area contributed by atoms with E-state index in [-0.39, 0.29) is 13.3 Å². The Labute approximate surface area is 157 Å². The van der Waals surface area contributed by atoms with Crippen LogP contribution >= 0.6 is 0 Å². The van der Waals surface area contributed by atoms with Crippen LogP contribution < -0.4 is 10.1 Å². The second-order valence-corrected chi connectivity index (χ2v) is 6.01. The topological polar surface area (TPSA) is 54.5 Å². The maximum atomic E-state index is 12.7. The number of amides is 1. The Morgan fingerprint density at radius 3 is 2.62 bits per heavy atom. The van der Waals surface area contributed by atoms with E-state index in [4.69, 9.17) is 4.74 Å². The van der Waals surface area contributed by atoms with Crippen LogP contribution in [0.4, 0.5) is 0 Å². The molecule has 5 heteroatoms. The van der Waals surface area contributed by atoms with Crippen molar-refractivity contribution >= 4 is 16.8 Å². The minimum absolute atomic E-state index is 0. The number of fused-ring (bicyclic) bond motifs is 1. The van der Waals surface area contributed by atoms with Crippen LogP contribution in [0.3, 0.4) is 0 Å². The molecule has 1 heterocycles. The van der Waals surface area contributed by atoms with E-state index in [0.29, 0.717) is 24.6 Å². The average molecular weight is 360 g/mol. The number of nitrogens with zero attached hydrogens (tertiary/aromatic N) is 2. The molecule has 1 amide bonds. The first-order chi connectivity index (χ1) is 12.2. The van der Waals surface area contributed by atoms with Gasteiger partial charge in [-0.25, -0.2) is 4.98 Å². The molecule has 5 nitrogen and oxygen atoms in total. The van der Waals surface area contributed by atoms with Crippen LogP contribution in [-0.4, -0.2) is 48.6 Å². The number of para-hydroxylation sites is 1. The quantitative estimate of drug-likeness (QED) is 0.648. The smallest absolute Gasteiger partial charge is 0.252 e. The summed E-state index contributed by atoms with van der Waals surface area (Å²) < 4.78 is 5.72. The molecule has 2 aromatic rings. The minimum atomic E-state index is -0.0777. The van der Waals surface area contributed by atoms with Crippen molar-refractivity contribution in [2.24, 2.45) is 0 Å². The standard InChI is InChI=1S/C20H29N3O2.CH4/c1-4-7-14-25-19-15-17(16-10-8-9-11-18(16)22-19)20(24)21-12-13-23(5-2)6-3;/h8-11,15H,4-7,12-14H2,1-3H3,(H,21,24);1H4. The monoisotopic (exact) mass is 359 g/mol. The zero-order chi connectivity index (χ0) is 18.1. The fourth-order valence-electron chi connectivity index (χ4n) is 2.70. The van der Waals surface area contributed by atoms with Gasteiger partial charge in [0.15, 0.2) is 0 Å². The number of likely N-dealkylation sites (N-methyl/N-ethyl adjacent to an activating group) is 1.